The Bertz CT molecular complexity index is 130. The van der Waals surface area contributed by atoms with Crippen LogP contribution in [0.2, 0.25) is 0 Å². The van der Waals surface area contributed by atoms with Crippen LogP contribution in [-0.2, 0) is 9.59 Å². The van der Waals surface area contributed by atoms with Crippen LogP contribution < -0.4 is 0 Å². The normalized spacial score (nSPS) is 12.6. The molecule has 0 fully saturated rings. The van der Waals surface area contributed by atoms with Gasteiger partial charge < -0.3 is 5.11 Å². The van der Waals surface area contributed by atoms with E-state index in [2.05, 4.69) is 0 Å². The van der Waals surface area contributed by atoms with Crippen LogP contribution in [-0.4, -0.2) is 16.3 Å². The Morgan fingerprint density at radius 3 is 2.20 bits per heavy atom. The molecule has 0 saturated carbocycles. The number of carbonyl (C=O) groups excluding carboxylic acids is 1. The molecule has 0 saturated heterocycles. The van der Waals surface area contributed by atoms with Crippen molar-refractivity contribution in [1.29, 1.82) is 0 Å². The Morgan fingerprint density at radius 1 is 1.60 bits per heavy atom. The van der Waals surface area contributed by atoms with E-state index in [0.29, 0.717) is 12.8 Å². The first-order chi connectivity index (χ1) is 4.59. The molecule has 1 unspecified atom stereocenters. The van der Waals surface area contributed by atoms with Crippen LogP contribution in [0.1, 0.15) is 19.8 Å². The molecule has 3 nitrogen and oxygen atoms in total. The highest BCUT2D eigenvalue weighted by atomic mass is 35.5. The van der Waals surface area contributed by atoms with Crippen LogP contribution in [0.25, 0.3) is 0 Å². The van der Waals surface area contributed by atoms with Gasteiger partial charge in [-0.05, 0) is 18.0 Å². The average Bonchev–Trinajstić information content (AvgIpc) is 1.81. The lowest BCUT2D eigenvalue weighted by Gasteiger charge is -2.02. The van der Waals surface area contributed by atoms with Crippen molar-refractivity contribution < 1.29 is 14.7 Å². The number of carboxylic acid groups (broad SMARTS) is 1. The average molecular weight is 165 g/mol. The van der Waals surface area contributed by atoms with Gasteiger partial charge in [-0.3, -0.25) is 9.59 Å². The number of carbonyl (C=O) groups is 2. The van der Waals surface area contributed by atoms with Gasteiger partial charge in [0.15, 0.2) is 0 Å². The molecule has 0 heterocycles. The molecule has 0 spiro atoms. The first-order valence-electron chi connectivity index (χ1n) is 3.01. The highest BCUT2D eigenvalue weighted by molar-refractivity contribution is 6.65. The predicted molar refractivity (Wildman–Crippen MR) is 36.9 cm³/mol. The minimum Gasteiger partial charge on any atom is -0.481 e. The van der Waals surface area contributed by atoms with E-state index in [1.807, 2.05) is 0 Å². The van der Waals surface area contributed by atoms with E-state index in [9.17, 15) is 9.59 Å². The van der Waals surface area contributed by atoms with Gasteiger partial charge >= 0.3 is 5.97 Å². The summed E-state index contributed by atoms with van der Waals surface area (Å²) in [6.45, 7) is 1.80. The SMILES string of the molecule is CCCC(C(=O)O)C(=O)Cl. The van der Waals surface area contributed by atoms with E-state index in [0.717, 1.165) is 0 Å². The second-order valence-electron chi connectivity index (χ2n) is 1.98. The fourth-order valence-electron chi connectivity index (χ4n) is 0.623. The van der Waals surface area contributed by atoms with E-state index in [4.69, 9.17) is 16.7 Å². The third kappa shape index (κ3) is 2.82. The van der Waals surface area contributed by atoms with Crippen LogP contribution in [0.4, 0.5) is 0 Å². The molecule has 4 heteroatoms. The van der Waals surface area contributed by atoms with Crippen molar-refractivity contribution in [2.45, 2.75) is 19.8 Å². The fraction of sp³-hybridized carbons (Fsp3) is 0.667. The molecular weight excluding hydrogens is 156 g/mol. The lowest BCUT2D eigenvalue weighted by molar-refractivity contribution is -0.144. The third-order valence-corrected chi connectivity index (χ3v) is 1.41. The van der Waals surface area contributed by atoms with Gasteiger partial charge in [0.2, 0.25) is 5.24 Å². The smallest absolute Gasteiger partial charge is 0.315 e. The van der Waals surface area contributed by atoms with Crippen molar-refractivity contribution in [3.05, 3.63) is 0 Å². The first kappa shape index (κ1) is 9.43. The van der Waals surface area contributed by atoms with Crippen molar-refractivity contribution in [1.82, 2.24) is 0 Å². The summed E-state index contributed by atoms with van der Waals surface area (Å²) in [6, 6.07) is 0. The second kappa shape index (κ2) is 4.28. The van der Waals surface area contributed by atoms with E-state index in [1.54, 1.807) is 6.92 Å². The second-order valence-corrected chi connectivity index (χ2v) is 2.36. The maximum atomic E-state index is 10.4. The Labute approximate surface area is 64.0 Å². The molecule has 0 aromatic rings. The number of halogens is 1. The summed E-state index contributed by atoms with van der Waals surface area (Å²) in [5, 5.41) is 7.59. The monoisotopic (exact) mass is 164 g/mol. The van der Waals surface area contributed by atoms with Crippen LogP contribution >= 0.6 is 11.6 Å². The van der Waals surface area contributed by atoms with Gasteiger partial charge in [-0.2, -0.15) is 0 Å². The molecule has 0 bridgehead atoms. The van der Waals surface area contributed by atoms with Gasteiger partial charge in [0, 0.05) is 0 Å². The van der Waals surface area contributed by atoms with Crippen LogP contribution in [0.3, 0.4) is 0 Å². The largest absolute Gasteiger partial charge is 0.481 e. The predicted octanol–water partition coefficient (Wildman–Crippen LogP) is 1.25. The van der Waals surface area contributed by atoms with E-state index in [-0.39, 0.29) is 0 Å². The zero-order valence-electron chi connectivity index (χ0n) is 5.63. The molecule has 58 valence electrons. The summed E-state index contributed by atoms with van der Waals surface area (Å²) in [5.74, 6) is -2.16. The van der Waals surface area contributed by atoms with E-state index >= 15 is 0 Å². The van der Waals surface area contributed by atoms with Gasteiger partial charge in [-0.15, -0.1) is 0 Å². The summed E-state index contributed by atoms with van der Waals surface area (Å²) >= 11 is 5.00. The number of carboxylic acids is 1. The zero-order valence-corrected chi connectivity index (χ0v) is 6.39. The third-order valence-electron chi connectivity index (χ3n) is 1.15. The molecule has 0 aromatic carbocycles. The molecule has 0 aliphatic rings. The van der Waals surface area contributed by atoms with Gasteiger partial charge in [0.25, 0.3) is 0 Å². The quantitative estimate of drug-likeness (QED) is 0.503. The lowest BCUT2D eigenvalue weighted by Crippen LogP contribution is -2.19. The number of aliphatic carboxylic acids is 1. The maximum absolute atomic E-state index is 10.4. The summed E-state index contributed by atoms with van der Waals surface area (Å²) in [4.78, 5) is 20.6. The standard InChI is InChI=1S/C6H9ClO3/c1-2-3-4(5(7)8)6(9)10/h4H,2-3H2,1H3,(H,9,10). The van der Waals surface area contributed by atoms with Crippen molar-refractivity contribution in [2.24, 2.45) is 5.92 Å². The van der Waals surface area contributed by atoms with Gasteiger partial charge in [0.05, 0.1) is 0 Å². The minimum absolute atomic E-state index is 0.317. The first-order valence-corrected chi connectivity index (χ1v) is 3.39. The lowest BCUT2D eigenvalue weighted by atomic mass is 10.1. The topological polar surface area (TPSA) is 54.4 Å². The van der Waals surface area contributed by atoms with Gasteiger partial charge in [-0.25, -0.2) is 0 Å². The molecular formula is C6H9ClO3. The van der Waals surface area contributed by atoms with E-state index in [1.165, 1.54) is 0 Å². The van der Waals surface area contributed by atoms with Crippen LogP contribution in [0.5, 0.6) is 0 Å². The highest BCUT2D eigenvalue weighted by Gasteiger charge is 2.22. The highest BCUT2D eigenvalue weighted by Crippen LogP contribution is 2.09. The molecule has 0 amide bonds. The van der Waals surface area contributed by atoms with Gasteiger partial charge in [0.1, 0.15) is 5.92 Å². The van der Waals surface area contributed by atoms with E-state index < -0.39 is 17.1 Å². The molecule has 1 atom stereocenters. The van der Waals surface area contributed by atoms with Crippen molar-refractivity contribution >= 4 is 22.8 Å². The molecule has 0 rings (SSSR count). The summed E-state index contributed by atoms with van der Waals surface area (Å²) in [7, 11) is 0. The summed E-state index contributed by atoms with van der Waals surface area (Å²) in [6.07, 6.45) is 0.965. The maximum Gasteiger partial charge on any atom is 0.315 e. The van der Waals surface area contributed by atoms with Crippen LogP contribution in [0.15, 0.2) is 0 Å². The van der Waals surface area contributed by atoms with Crippen molar-refractivity contribution in [3.8, 4) is 0 Å². The fourth-order valence-corrected chi connectivity index (χ4v) is 0.825. The van der Waals surface area contributed by atoms with Crippen molar-refractivity contribution in [2.75, 3.05) is 0 Å². The minimum atomic E-state index is -1.14. The summed E-state index contributed by atoms with van der Waals surface area (Å²) < 4.78 is 0. The molecule has 10 heavy (non-hydrogen) atoms. The molecule has 0 aliphatic heterocycles. The number of hydrogen-bond acceptors (Lipinski definition) is 2. The van der Waals surface area contributed by atoms with Crippen LogP contribution in [0, 0.1) is 5.92 Å². The molecule has 0 aromatic heterocycles. The Hall–Kier alpha value is -0.570. The molecule has 1 N–H and O–H groups in total. The van der Waals surface area contributed by atoms with Crippen molar-refractivity contribution in [3.63, 3.8) is 0 Å². The zero-order chi connectivity index (χ0) is 8.15. The number of hydrogen-bond donors (Lipinski definition) is 1. The Balaban J connectivity index is 3.98. The number of rotatable bonds is 4. The summed E-state index contributed by atoms with van der Waals surface area (Å²) in [5.41, 5.74) is 0. The molecule has 0 aliphatic carbocycles. The Kier molecular flexibility index (Phi) is 4.03. The Morgan fingerprint density at radius 2 is 2.10 bits per heavy atom. The molecule has 0 radical (unpaired) electrons. The van der Waals surface area contributed by atoms with Gasteiger partial charge in [-0.1, -0.05) is 13.3 Å².